The molecule has 0 atom stereocenters. The molecule has 2 rings (SSSR count). The molecule has 142 valence electrons. The van der Waals surface area contributed by atoms with E-state index in [0.717, 1.165) is 29.8 Å². The molecule has 1 fully saturated rings. The highest BCUT2D eigenvalue weighted by Gasteiger charge is 2.17. The van der Waals surface area contributed by atoms with Crippen molar-refractivity contribution in [2.24, 2.45) is 0 Å². The Kier molecular flexibility index (Phi) is 7.38. The quantitative estimate of drug-likeness (QED) is 0.481. The van der Waals surface area contributed by atoms with Gasteiger partial charge in [-0.1, -0.05) is 18.2 Å². The van der Waals surface area contributed by atoms with Gasteiger partial charge in [0.05, 0.1) is 25.5 Å². The summed E-state index contributed by atoms with van der Waals surface area (Å²) in [5.74, 6) is 0. The molecule has 0 amide bonds. The molecular weight excluding hydrogens is 368 g/mol. The second kappa shape index (κ2) is 8.89. The van der Waals surface area contributed by atoms with E-state index in [2.05, 4.69) is 4.90 Å². The first-order valence-corrected chi connectivity index (χ1v) is 11.7. The zero-order chi connectivity index (χ0) is 18.5. The first kappa shape index (κ1) is 20.7. The normalized spacial score (nSPS) is 17.0. The summed E-state index contributed by atoms with van der Waals surface area (Å²) >= 11 is 0. The molecule has 25 heavy (non-hydrogen) atoms. The molecule has 0 radical (unpaired) electrons. The van der Waals surface area contributed by atoms with Gasteiger partial charge in [-0.2, -0.15) is 0 Å². The topological polar surface area (TPSA) is 128 Å². The smallest absolute Gasteiger partial charge is 0.325 e. The van der Waals surface area contributed by atoms with Gasteiger partial charge in [0.2, 0.25) is 0 Å². The number of nitrogens with zero attached hydrogens (tertiary/aromatic N) is 1. The number of aryl methyl sites for hydroxylation is 2. The predicted octanol–water partition coefficient (Wildman–Crippen LogP) is 0.959. The van der Waals surface area contributed by atoms with Crippen LogP contribution in [0.4, 0.5) is 0 Å². The van der Waals surface area contributed by atoms with Crippen molar-refractivity contribution in [3.8, 4) is 0 Å². The number of benzene rings is 1. The second-order valence-electron chi connectivity index (χ2n) is 6.32. The SMILES string of the molecule is O=P(O)(O)CCc1cc(CCP(=O)(O)O)cc(CN2CCOCC2)c1. The van der Waals surface area contributed by atoms with Crippen LogP contribution in [0.1, 0.15) is 16.7 Å². The van der Waals surface area contributed by atoms with Crippen LogP contribution in [0, 0.1) is 0 Å². The third-order valence-electron chi connectivity index (χ3n) is 4.01. The fourth-order valence-corrected chi connectivity index (χ4v) is 3.89. The minimum absolute atomic E-state index is 0.226. The summed E-state index contributed by atoms with van der Waals surface area (Å²) in [5, 5.41) is 0. The van der Waals surface area contributed by atoms with Gasteiger partial charge in [0, 0.05) is 19.6 Å². The zero-order valence-electron chi connectivity index (χ0n) is 14.0. The number of hydrogen-bond donors (Lipinski definition) is 4. The minimum atomic E-state index is -4.09. The van der Waals surface area contributed by atoms with Crippen LogP contribution in [0.2, 0.25) is 0 Å². The lowest BCUT2D eigenvalue weighted by Gasteiger charge is -2.27. The van der Waals surface area contributed by atoms with Crippen LogP contribution in [0.3, 0.4) is 0 Å². The molecule has 1 heterocycles. The van der Waals surface area contributed by atoms with Crippen molar-refractivity contribution in [2.45, 2.75) is 19.4 Å². The number of morpholine rings is 1. The lowest BCUT2D eigenvalue weighted by molar-refractivity contribution is 0.0342. The van der Waals surface area contributed by atoms with Crippen molar-refractivity contribution >= 4 is 15.2 Å². The Morgan fingerprint density at radius 2 is 1.28 bits per heavy atom. The van der Waals surface area contributed by atoms with Crippen LogP contribution >= 0.6 is 15.2 Å². The fourth-order valence-electron chi connectivity index (χ4n) is 2.79. The van der Waals surface area contributed by atoms with Gasteiger partial charge in [-0.15, -0.1) is 0 Å². The van der Waals surface area contributed by atoms with Crippen molar-refractivity contribution in [1.29, 1.82) is 0 Å². The van der Waals surface area contributed by atoms with Gasteiger partial charge < -0.3 is 24.3 Å². The Hall–Kier alpha value is -0.560. The molecular formula is C15H25NO7P2. The molecule has 0 saturated carbocycles. The highest BCUT2D eigenvalue weighted by molar-refractivity contribution is 7.52. The molecule has 0 aliphatic carbocycles. The van der Waals surface area contributed by atoms with E-state index in [4.69, 9.17) is 24.3 Å². The molecule has 8 nitrogen and oxygen atoms in total. The van der Waals surface area contributed by atoms with Crippen LogP contribution in [0.25, 0.3) is 0 Å². The summed E-state index contributed by atoms with van der Waals surface area (Å²) in [6.45, 7) is 3.64. The van der Waals surface area contributed by atoms with Crippen molar-refractivity contribution in [3.05, 3.63) is 34.9 Å². The van der Waals surface area contributed by atoms with E-state index in [1.54, 1.807) is 6.07 Å². The second-order valence-corrected chi connectivity index (χ2v) is 9.88. The maximum absolute atomic E-state index is 11.1. The number of ether oxygens (including phenoxy) is 1. The summed E-state index contributed by atoms with van der Waals surface area (Å²) < 4.78 is 27.6. The predicted molar refractivity (Wildman–Crippen MR) is 93.8 cm³/mol. The van der Waals surface area contributed by atoms with Crippen LogP contribution in [-0.2, 0) is 33.3 Å². The Labute approximate surface area is 147 Å². The number of hydrogen-bond acceptors (Lipinski definition) is 4. The van der Waals surface area contributed by atoms with E-state index in [1.165, 1.54) is 0 Å². The third kappa shape index (κ3) is 8.58. The van der Waals surface area contributed by atoms with Gasteiger partial charge in [0.1, 0.15) is 0 Å². The molecule has 0 unspecified atom stereocenters. The molecule has 4 N–H and O–H groups in total. The van der Waals surface area contributed by atoms with Crippen molar-refractivity contribution in [2.75, 3.05) is 38.6 Å². The first-order chi connectivity index (χ1) is 11.6. The Bertz CT molecular complexity index is 620. The Morgan fingerprint density at radius 1 is 0.840 bits per heavy atom. The maximum Gasteiger partial charge on any atom is 0.325 e. The van der Waals surface area contributed by atoms with E-state index in [-0.39, 0.29) is 25.2 Å². The van der Waals surface area contributed by atoms with Gasteiger partial charge in [-0.05, 0) is 29.5 Å². The van der Waals surface area contributed by atoms with Crippen LogP contribution in [0.15, 0.2) is 18.2 Å². The largest absolute Gasteiger partial charge is 0.379 e. The average molecular weight is 393 g/mol. The lowest BCUT2D eigenvalue weighted by Crippen LogP contribution is -2.35. The summed E-state index contributed by atoms with van der Waals surface area (Å²) in [6.07, 6.45) is -0.0356. The fraction of sp³-hybridized carbons (Fsp3) is 0.600. The molecule has 1 saturated heterocycles. The summed E-state index contributed by atoms with van der Waals surface area (Å²) in [7, 11) is -8.18. The number of rotatable bonds is 8. The summed E-state index contributed by atoms with van der Waals surface area (Å²) in [5.41, 5.74) is 2.52. The molecule has 1 aromatic carbocycles. The minimum Gasteiger partial charge on any atom is -0.379 e. The molecule has 1 aliphatic heterocycles. The molecule has 10 heteroatoms. The van der Waals surface area contributed by atoms with Crippen LogP contribution in [0.5, 0.6) is 0 Å². The molecule has 1 aliphatic rings. The Morgan fingerprint density at radius 3 is 1.72 bits per heavy atom. The standard InChI is InChI=1S/C15H25NO7P2/c17-24(18,19)7-1-13-9-14(2-8-25(20,21)22)11-15(10-13)12-16-3-5-23-6-4-16/h9-11H,1-8,12H2,(H2,17,18,19)(H2,20,21,22). The maximum atomic E-state index is 11.1. The van der Waals surface area contributed by atoms with Gasteiger partial charge >= 0.3 is 15.2 Å². The van der Waals surface area contributed by atoms with E-state index >= 15 is 0 Å². The van der Waals surface area contributed by atoms with Gasteiger partial charge in [0.25, 0.3) is 0 Å². The molecule has 0 spiro atoms. The van der Waals surface area contributed by atoms with E-state index in [0.29, 0.717) is 19.8 Å². The molecule has 0 aromatic heterocycles. The summed E-state index contributed by atoms with van der Waals surface area (Å²) in [6, 6.07) is 5.59. The average Bonchev–Trinajstić information content (AvgIpc) is 2.51. The summed E-state index contributed by atoms with van der Waals surface area (Å²) in [4.78, 5) is 38.5. The van der Waals surface area contributed by atoms with Crippen molar-refractivity contribution < 1.29 is 33.4 Å². The van der Waals surface area contributed by atoms with Crippen LogP contribution < -0.4 is 0 Å². The van der Waals surface area contributed by atoms with Gasteiger partial charge in [0.15, 0.2) is 0 Å². The third-order valence-corrected chi connectivity index (χ3v) is 5.62. The monoisotopic (exact) mass is 393 g/mol. The van der Waals surface area contributed by atoms with Gasteiger partial charge in [-0.25, -0.2) is 0 Å². The molecule has 1 aromatic rings. The lowest BCUT2D eigenvalue weighted by atomic mass is 10.0. The highest BCUT2D eigenvalue weighted by atomic mass is 31.2. The van der Waals surface area contributed by atoms with Crippen molar-refractivity contribution in [1.82, 2.24) is 4.90 Å². The van der Waals surface area contributed by atoms with E-state index in [1.807, 2.05) is 12.1 Å². The molecule has 0 bridgehead atoms. The zero-order valence-corrected chi connectivity index (χ0v) is 15.7. The highest BCUT2D eigenvalue weighted by Crippen LogP contribution is 2.36. The first-order valence-electron chi connectivity index (χ1n) is 8.12. The Balaban J connectivity index is 2.14. The van der Waals surface area contributed by atoms with Crippen LogP contribution in [-0.4, -0.2) is 63.1 Å². The van der Waals surface area contributed by atoms with E-state index in [9.17, 15) is 9.13 Å². The van der Waals surface area contributed by atoms with Gasteiger partial charge in [-0.3, -0.25) is 14.0 Å². The van der Waals surface area contributed by atoms with Crippen molar-refractivity contribution in [3.63, 3.8) is 0 Å². The van der Waals surface area contributed by atoms with E-state index < -0.39 is 15.2 Å².